The van der Waals surface area contributed by atoms with Crippen molar-refractivity contribution in [1.29, 1.82) is 0 Å². The number of aromatic nitrogens is 2. The molecule has 0 atom stereocenters. The van der Waals surface area contributed by atoms with Crippen molar-refractivity contribution >= 4 is 29.3 Å². The lowest BCUT2D eigenvalue weighted by atomic mass is 10.2. The Morgan fingerprint density at radius 1 is 0.964 bits per heavy atom. The number of ether oxygens (including phenoxy) is 1. The molecule has 9 nitrogen and oxygen atoms in total. The summed E-state index contributed by atoms with van der Waals surface area (Å²) in [5.74, 6) is -0.593. The van der Waals surface area contributed by atoms with E-state index in [-0.39, 0.29) is 17.1 Å². The number of hydrogen-bond acceptors (Lipinski definition) is 7. The SMILES string of the molecule is COC(=O)c1ccc(NC(=O)c2cc(C(=O)Nc3cc(C)on3)ccn2)cc1. The topological polar surface area (TPSA) is 123 Å². The Kier molecular flexibility index (Phi) is 5.45. The van der Waals surface area contributed by atoms with Gasteiger partial charge < -0.3 is 19.9 Å². The van der Waals surface area contributed by atoms with Gasteiger partial charge in [-0.1, -0.05) is 5.16 Å². The quantitative estimate of drug-likeness (QED) is 0.652. The van der Waals surface area contributed by atoms with E-state index in [1.54, 1.807) is 25.1 Å². The molecule has 0 saturated carbocycles. The highest BCUT2D eigenvalue weighted by atomic mass is 16.5. The number of nitrogens with zero attached hydrogens (tertiary/aromatic N) is 2. The van der Waals surface area contributed by atoms with Gasteiger partial charge in [-0.3, -0.25) is 14.6 Å². The fourth-order valence-corrected chi connectivity index (χ4v) is 2.31. The van der Waals surface area contributed by atoms with Crippen LogP contribution < -0.4 is 10.6 Å². The molecule has 0 unspecified atom stereocenters. The molecule has 9 heteroatoms. The van der Waals surface area contributed by atoms with Crippen molar-refractivity contribution in [2.45, 2.75) is 6.92 Å². The third kappa shape index (κ3) is 4.39. The first kappa shape index (κ1) is 18.8. The molecule has 2 heterocycles. The second kappa shape index (κ2) is 8.12. The summed E-state index contributed by atoms with van der Waals surface area (Å²) in [6.45, 7) is 1.70. The van der Waals surface area contributed by atoms with Crippen molar-refractivity contribution in [3.05, 3.63) is 71.2 Å². The molecule has 0 bridgehead atoms. The van der Waals surface area contributed by atoms with Crippen LogP contribution >= 0.6 is 0 Å². The molecule has 0 fully saturated rings. The maximum atomic E-state index is 12.4. The second-order valence-corrected chi connectivity index (χ2v) is 5.73. The Labute approximate surface area is 159 Å². The zero-order chi connectivity index (χ0) is 20.1. The average molecular weight is 380 g/mol. The largest absolute Gasteiger partial charge is 0.465 e. The van der Waals surface area contributed by atoms with Crippen molar-refractivity contribution in [2.24, 2.45) is 0 Å². The molecule has 2 amide bonds. The summed E-state index contributed by atoms with van der Waals surface area (Å²) in [5, 5.41) is 8.90. The van der Waals surface area contributed by atoms with Crippen LogP contribution in [0.1, 0.15) is 37.0 Å². The number of amides is 2. The first-order valence-electron chi connectivity index (χ1n) is 8.16. The Hall–Kier alpha value is -4.01. The number of benzene rings is 1. The third-order valence-corrected chi connectivity index (χ3v) is 3.69. The van der Waals surface area contributed by atoms with Crippen molar-refractivity contribution in [3.63, 3.8) is 0 Å². The lowest BCUT2D eigenvalue weighted by molar-refractivity contribution is 0.0600. The van der Waals surface area contributed by atoms with Crippen LogP contribution in [0.5, 0.6) is 0 Å². The van der Waals surface area contributed by atoms with E-state index in [4.69, 9.17) is 4.52 Å². The predicted octanol–water partition coefficient (Wildman–Crippen LogP) is 2.67. The molecule has 2 N–H and O–H groups in total. The number of rotatable bonds is 5. The summed E-state index contributed by atoms with van der Waals surface area (Å²) in [5.41, 5.74) is 1.12. The van der Waals surface area contributed by atoms with Gasteiger partial charge in [0.15, 0.2) is 5.82 Å². The van der Waals surface area contributed by atoms with Crippen molar-refractivity contribution in [1.82, 2.24) is 10.1 Å². The zero-order valence-corrected chi connectivity index (χ0v) is 15.1. The number of esters is 1. The minimum atomic E-state index is -0.502. The summed E-state index contributed by atoms with van der Waals surface area (Å²) in [4.78, 5) is 40.1. The molecule has 0 aliphatic heterocycles. The molecular weight excluding hydrogens is 364 g/mol. The van der Waals surface area contributed by atoms with Gasteiger partial charge in [-0.2, -0.15) is 0 Å². The van der Waals surface area contributed by atoms with Gasteiger partial charge in [0.2, 0.25) is 0 Å². The molecule has 0 aliphatic rings. The Bertz CT molecular complexity index is 1030. The molecule has 142 valence electrons. The van der Waals surface area contributed by atoms with Crippen molar-refractivity contribution < 1.29 is 23.6 Å². The summed E-state index contributed by atoms with van der Waals surface area (Å²) >= 11 is 0. The number of pyridine rings is 1. The summed E-state index contributed by atoms with van der Waals surface area (Å²) in [6, 6.07) is 10.6. The zero-order valence-electron chi connectivity index (χ0n) is 15.1. The molecule has 3 rings (SSSR count). The van der Waals surface area contributed by atoms with E-state index in [9.17, 15) is 14.4 Å². The number of carbonyl (C=O) groups excluding carboxylic acids is 3. The predicted molar refractivity (Wildman–Crippen MR) is 99.2 cm³/mol. The number of anilines is 2. The number of methoxy groups -OCH3 is 1. The molecule has 0 spiro atoms. The standard InChI is InChI=1S/C19H16N4O5/c1-11-9-16(23-28-11)22-17(24)13-7-8-20-15(10-13)18(25)21-14-5-3-12(4-6-14)19(26)27-2/h3-10H,1-2H3,(H,21,25)(H,22,23,24). The second-order valence-electron chi connectivity index (χ2n) is 5.73. The van der Waals surface area contributed by atoms with Crippen LogP contribution in [0.3, 0.4) is 0 Å². The fraction of sp³-hybridized carbons (Fsp3) is 0.105. The third-order valence-electron chi connectivity index (χ3n) is 3.69. The molecule has 3 aromatic rings. The van der Waals surface area contributed by atoms with Crippen LogP contribution in [-0.4, -0.2) is 35.0 Å². The van der Waals surface area contributed by atoms with Crippen LogP contribution in [0, 0.1) is 6.92 Å². The van der Waals surface area contributed by atoms with E-state index in [0.29, 0.717) is 17.0 Å². The normalized spacial score (nSPS) is 10.2. The van der Waals surface area contributed by atoms with Gasteiger partial charge in [0.25, 0.3) is 11.8 Å². The first-order valence-corrected chi connectivity index (χ1v) is 8.16. The minimum absolute atomic E-state index is 0.0565. The van der Waals surface area contributed by atoms with Crippen LogP contribution in [0.4, 0.5) is 11.5 Å². The van der Waals surface area contributed by atoms with E-state index in [1.165, 1.54) is 37.6 Å². The van der Waals surface area contributed by atoms with Gasteiger partial charge in [-0.25, -0.2) is 4.79 Å². The van der Waals surface area contributed by atoms with Gasteiger partial charge in [-0.15, -0.1) is 0 Å². The number of carbonyl (C=O) groups is 3. The molecule has 0 aliphatic carbocycles. The van der Waals surface area contributed by atoms with Crippen LogP contribution in [0.25, 0.3) is 0 Å². The molecule has 0 saturated heterocycles. The van der Waals surface area contributed by atoms with Crippen LogP contribution in [0.2, 0.25) is 0 Å². The lowest BCUT2D eigenvalue weighted by Crippen LogP contribution is -2.17. The fourth-order valence-electron chi connectivity index (χ4n) is 2.31. The van der Waals surface area contributed by atoms with Crippen molar-refractivity contribution in [2.75, 3.05) is 17.7 Å². The molecule has 28 heavy (non-hydrogen) atoms. The summed E-state index contributed by atoms with van der Waals surface area (Å²) in [6.07, 6.45) is 1.36. The first-order chi connectivity index (χ1) is 13.5. The van der Waals surface area contributed by atoms with Gasteiger partial charge in [-0.05, 0) is 43.3 Å². The van der Waals surface area contributed by atoms with Gasteiger partial charge >= 0.3 is 5.97 Å². The number of aryl methyl sites for hydroxylation is 1. The van der Waals surface area contributed by atoms with Gasteiger partial charge in [0.1, 0.15) is 11.5 Å². The van der Waals surface area contributed by atoms with E-state index in [1.807, 2.05) is 0 Å². The average Bonchev–Trinajstić information content (AvgIpc) is 3.12. The highest BCUT2D eigenvalue weighted by Gasteiger charge is 2.14. The Balaban J connectivity index is 1.69. The van der Waals surface area contributed by atoms with E-state index in [0.717, 1.165) is 0 Å². The van der Waals surface area contributed by atoms with Gasteiger partial charge in [0, 0.05) is 23.5 Å². The maximum absolute atomic E-state index is 12.4. The molecule has 0 radical (unpaired) electrons. The summed E-state index contributed by atoms with van der Waals surface area (Å²) in [7, 11) is 1.29. The highest BCUT2D eigenvalue weighted by Crippen LogP contribution is 2.13. The minimum Gasteiger partial charge on any atom is -0.465 e. The molecule has 2 aromatic heterocycles. The Morgan fingerprint density at radius 2 is 1.71 bits per heavy atom. The van der Waals surface area contributed by atoms with Crippen LogP contribution in [-0.2, 0) is 4.74 Å². The Morgan fingerprint density at radius 3 is 2.36 bits per heavy atom. The van der Waals surface area contributed by atoms with E-state index in [2.05, 4.69) is 25.5 Å². The highest BCUT2D eigenvalue weighted by molar-refractivity contribution is 6.07. The smallest absolute Gasteiger partial charge is 0.337 e. The van der Waals surface area contributed by atoms with Gasteiger partial charge in [0.05, 0.1) is 12.7 Å². The number of hydrogen-bond donors (Lipinski definition) is 2. The molecule has 1 aromatic carbocycles. The monoisotopic (exact) mass is 380 g/mol. The van der Waals surface area contributed by atoms with E-state index < -0.39 is 17.8 Å². The maximum Gasteiger partial charge on any atom is 0.337 e. The lowest BCUT2D eigenvalue weighted by Gasteiger charge is -2.07. The van der Waals surface area contributed by atoms with Crippen molar-refractivity contribution in [3.8, 4) is 0 Å². The number of nitrogens with one attached hydrogen (secondary N) is 2. The summed E-state index contributed by atoms with van der Waals surface area (Å²) < 4.78 is 9.51. The van der Waals surface area contributed by atoms with E-state index >= 15 is 0 Å². The van der Waals surface area contributed by atoms with Crippen LogP contribution in [0.15, 0.2) is 53.2 Å². The molecular formula is C19H16N4O5.